The van der Waals surface area contributed by atoms with E-state index in [0.29, 0.717) is 31.1 Å². The highest BCUT2D eigenvalue weighted by Crippen LogP contribution is 2.18. The summed E-state index contributed by atoms with van der Waals surface area (Å²) < 4.78 is 0. The van der Waals surface area contributed by atoms with Crippen LogP contribution in [0.5, 0.6) is 0 Å². The van der Waals surface area contributed by atoms with Gasteiger partial charge in [0.15, 0.2) is 0 Å². The molecule has 2 heterocycles. The minimum absolute atomic E-state index is 0.0642. The first-order valence-electron chi connectivity index (χ1n) is 9.16. The first-order valence-corrected chi connectivity index (χ1v) is 9.16. The number of nitrogens with one attached hydrogen (secondary N) is 1. The molecule has 0 unspecified atom stereocenters. The summed E-state index contributed by atoms with van der Waals surface area (Å²) in [4.78, 5) is 34.9. The summed E-state index contributed by atoms with van der Waals surface area (Å²) in [5.74, 6) is 0.105. The minimum Gasteiger partial charge on any atom is -0.352 e. The second-order valence-corrected chi connectivity index (χ2v) is 6.97. The maximum Gasteiger partial charge on any atom is 0.251 e. The fourth-order valence-corrected chi connectivity index (χ4v) is 3.28. The number of benzene rings is 1. The van der Waals surface area contributed by atoms with Crippen LogP contribution in [0.3, 0.4) is 0 Å². The summed E-state index contributed by atoms with van der Waals surface area (Å²) in [5.41, 5.74) is 3.82. The fraction of sp³-hybridized carbons (Fsp3) is 0.450. The molecule has 0 saturated carbocycles. The summed E-state index contributed by atoms with van der Waals surface area (Å²) in [6.45, 7) is 5.69. The average Bonchev–Trinajstić information content (AvgIpc) is 2.67. The third-order valence-electron chi connectivity index (χ3n) is 5.09. The molecule has 1 fully saturated rings. The molecule has 0 bridgehead atoms. The summed E-state index contributed by atoms with van der Waals surface area (Å²) in [6, 6.07) is 7.26. The number of carbonyl (C=O) groups is 2. The lowest BCUT2D eigenvalue weighted by Gasteiger charge is -2.31. The van der Waals surface area contributed by atoms with E-state index in [-0.39, 0.29) is 18.2 Å². The number of rotatable bonds is 4. The molecule has 0 aliphatic carbocycles. The maximum atomic E-state index is 12.5. The average molecular weight is 365 g/mol. The molecule has 140 valence electrons. The van der Waals surface area contributed by atoms with Crippen LogP contribution in [0.1, 0.15) is 41.0 Å². The van der Waals surface area contributed by atoms with E-state index in [0.717, 1.165) is 35.3 Å². The SMILES string of the molecule is Cc1nc2ccc(C(=O)NCC3CCN(C(=O)CC#N)CC3)cc2nc1C. The van der Waals surface area contributed by atoms with Crippen molar-refractivity contribution in [1.82, 2.24) is 20.2 Å². The monoisotopic (exact) mass is 365 g/mol. The molecule has 1 saturated heterocycles. The number of nitrogens with zero attached hydrogens (tertiary/aromatic N) is 4. The Morgan fingerprint density at radius 2 is 1.85 bits per heavy atom. The molecule has 1 aliphatic heterocycles. The van der Waals surface area contributed by atoms with Crippen molar-refractivity contribution in [2.75, 3.05) is 19.6 Å². The Morgan fingerprint density at radius 1 is 1.19 bits per heavy atom. The Hall–Kier alpha value is -3.01. The Bertz CT molecular complexity index is 910. The van der Waals surface area contributed by atoms with E-state index in [2.05, 4.69) is 15.3 Å². The van der Waals surface area contributed by atoms with Crippen molar-refractivity contribution in [1.29, 1.82) is 5.26 Å². The first kappa shape index (κ1) is 18.8. The Morgan fingerprint density at radius 3 is 2.52 bits per heavy atom. The maximum absolute atomic E-state index is 12.5. The Balaban J connectivity index is 1.56. The van der Waals surface area contributed by atoms with Crippen LogP contribution >= 0.6 is 0 Å². The smallest absolute Gasteiger partial charge is 0.251 e. The van der Waals surface area contributed by atoms with Gasteiger partial charge in [0.1, 0.15) is 6.42 Å². The van der Waals surface area contributed by atoms with Gasteiger partial charge in [-0.1, -0.05) is 0 Å². The van der Waals surface area contributed by atoms with Crippen LogP contribution in [0.15, 0.2) is 18.2 Å². The molecule has 7 nitrogen and oxygen atoms in total. The van der Waals surface area contributed by atoms with Crippen LogP contribution < -0.4 is 5.32 Å². The van der Waals surface area contributed by atoms with Crippen molar-refractivity contribution < 1.29 is 9.59 Å². The molecule has 27 heavy (non-hydrogen) atoms. The number of likely N-dealkylation sites (tertiary alicyclic amines) is 1. The highest BCUT2D eigenvalue weighted by Gasteiger charge is 2.23. The third-order valence-corrected chi connectivity index (χ3v) is 5.09. The zero-order valence-corrected chi connectivity index (χ0v) is 15.7. The van der Waals surface area contributed by atoms with Crippen LogP contribution in [-0.4, -0.2) is 46.3 Å². The molecule has 1 N–H and O–H groups in total. The number of amides is 2. The quantitative estimate of drug-likeness (QED) is 0.895. The Kier molecular flexibility index (Phi) is 5.65. The number of piperidine rings is 1. The van der Waals surface area contributed by atoms with Gasteiger partial charge in [0, 0.05) is 25.2 Å². The molecule has 0 atom stereocenters. The van der Waals surface area contributed by atoms with Gasteiger partial charge in [-0.05, 0) is 50.8 Å². The van der Waals surface area contributed by atoms with Crippen LogP contribution in [-0.2, 0) is 4.79 Å². The predicted octanol–water partition coefficient (Wildman–Crippen LogP) is 2.13. The molecule has 2 aromatic rings. The molecule has 1 aromatic heterocycles. The van der Waals surface area contributed by atoms with Gasteiger partial charge in [-0.25, -0.2) is 9.97 Å². The summed E-state index contributed by atoms with van der Waals surface area (Å²) in [6.07, 6.45) is 1.60. The molecule has 0 radical (unpaired) electrons. The molecule has 1 aliphatic rings. The minimum atomic E-state index is -0.125. The van der Waals surface area contributed by atoms with Gasteiger partial charge in [0.25, 0.3) is 5.91 Å². The zero-order valence-electron chi connectivity index (χ0n) is 15.7. The van der Waals surface area contributed by atoms with Crippen LogP contribution in [0.25, 0.3) is 11.0 Å². The second kappa shape index (κ2) is 8.12. The van der Waals surface area contributed by atoms with E-state index in [1.807, 2.05) is 26.0 Å². The summed E-state index contributed by atoms with van der Waals surface area (Å²) >= 11 is 0. The van der Waals surface area contributed by atoms with Gasteiger partial charge in [-0.3, -0.25) is 9.59 Å². The number of hydrogen-bond acceptors (Lipinski definition) is 5. The normalized spacial score (nSPS) is 14.8. The van der Waals surface area contributed by atoms with Crippen molar-refractivity contribution in [3.05, 3.63) is 35.2 Å². The lowest BCUT2D eigenvalue weighted by Crippen LogP contribution is -2.41. The lowest BCUT2D eigenvalue weighted by molar-refractivity contribution is -0.131. The van der Waals surface area contributed by atoms with Gasteiger partial charge in [-0.2, -0.15) is 5.26 Å². The van der Waals surface area contributed by atoms with Crippen LogP contribution in [0.4, 0.5) is 0 Å². The molecule has 3 rings (SSSR count). The van der Waals surface area contributed by atoms with Crippen LogP contribution in [0, 0.1) is 31.1 Å². The topological polar surface area (TPSA) is 99.0 Å². The largest absolute Gasteiger partial charge is 0.352 e. The molecule has 1 aromatic carbocycles. The van der Waals surface area contributed by atoms with Gasteiger partial charge < -0.3 is 10.2 Å². The highest BCUT2D eigenvalue weighted by atomic mass is 16.2. The van der Waals surface area contributed by atoms with E-state index in [9.17, 15) is 9.59 Å². The van der Waals surface area contributed by atoms with E-state index in [4.69, 9.17) is 5.26 Å². The van der Waals surface area contributed by atoms with Crippen molar-refractivity contribution >= 4 is 22.8 Å². The van der Waals surface area contributed by atoms with Crippen LogP contribution in [0.2, 0.25) is 0 Å². The predicted molar refractivity (Wildman–Crippen MR) is 101 cm³/mol. The summed E-state index contributed by atoms with van der Waals surface area (Å²) in [7, 11) is 0. The number of carbonyl (C=O) groups excluding carboxylic acids is 2. The number of fused-ring (bicyclic) bond motifs is 1. The first-order chi connectivity index (χ1) is 13.0. The highest BCUT2D eigenvalue weighted by molar-refractivity contribution is 5.97. The van der Waals surface area contributed by atoms with E-state index in [1.165, 1.54) is 0 Å². The van der Waals surface area contributed by atoms with E-state index < -0.39 is 0 Å². The fourth-order valence-electron chi connectivity index (χ4n) is 3.28. The van der Waals surface area contributed by atoms with Gasteiger partial charge in [0.05, 0.1) is 28.5 Å². The van der Waals surface area contributed by atoms with E-state index >= 15 is 0 Å². The van der Waals surface area contributed by atoms with Gasteiger partial charge >= 0.3 is 0 Å². The molecular formula is C20H23N5O2. The zero-order chi connectivity index (χ0) is 19.4. The standard InChI is InChI=1S/C20H23N5O2/c1-13-14(2)24-18-11-16(3-4-17(18)23-13)20(27)22-12-15-6-9-25(10-7-15)19(26)5-8-21/h3-4,11,15H,5-7,9-10,12H2,1-2H3,(H,22,27). The van der Waals surface area contributed by atoms with Crippen molar-refractivity contribution in [2.45, 2.75) is 33.1 Å². The van der Waals surface area contributed by atoms with Crippen molar-refractivity contribution in [3.8, 4) is 6.07 Å². The van der Waals surface area contributed by atoms with Crippen molar-refractivity contribution in [2.24, 2.45) is 5.92 Å². The molecule has 2 amide bonds. The second-order valence-electron chi connectivity index (χ2n) is 6.97. The number of nitriles is 1. The Labute approximate surface area is 158 Å². The number of hydrogen-bond donors (Lipinski definition) is 1. The number of aromatic nitrogens is 2. The molecule has 0 spiro atoms. The van der Waals surface area contributed by atoms with Crippen molar-refractivity contribution in [3.63, 3.8) is 0 Å². The molecular weight excluding hydrogens is 342 g/mol. The van der Waals surface area contributed by atoms with E-state index in [1.54, 1.807) is 17.0 Å². The summed E-state index contributed by atoms with van der Waals surface area (Å²) in [5, 5.41) is 11.6. The van der Waals surface area contributed by atoms with Gasteiger partial charge in [-0.15, -0.1) is 0 Å². The number of aryl methyl sites for hydroxylation is 2. The lowest BCUT2D eigenvalue weighted by atomic mass is 9.96. The van der Waals surface area contributed by atoms with Gasteiger partial charge in [0.2, 0.25) is 5.91 Å². The molecule has 7 heteroatoms. The third kappa shape index (κ3) is 4.40.